The topological polar surface area (TPSA) is 103 Å². The number of hydrogen-bond donors (Lipinski definition) is 1. The van der Waals surface area contributed by atoms with Gasteiger partial charge in [-0.2, -0.15) is 0 Å². The fraction of sp³-hybridized carbons (Fsp3) is 0.406. The molecule has 2 aliphatic rings. The van der Waals surface area contributed by atoms with Crippen molar-refractivity contribution in [3.05, 3.63) is 72.4 Å². The van der Waals surface area contributed by atoms with E-state index in [4.69, 9.17) is 5.10 Å². The van der Waals surface area contributed by atoms with Crippen molar-refractivity contribution in [1.29, 1.82) is 0 Å². The van der Waals surface area contributed by atoms with Gasteiger partial charge < -0.3 is 10.2 Å². The number of sulfonamides is 1. The lowest BCUT2D eigenvalue weighted by Gasteiger charge is -2.37. The van der Waals surface area contributed by atoms with Gasteiger partial charge in [-0.25, -0.2) is 17.9 Å². The Morgan fingerprint density at radius 3 is 2.36 bits per heavy atom. The number of carbonyl (C=O) groups is 1. The zero-order valence-electron chi connectivity index (χ0n) is 25.1. The number of amides is 1. The summed E-state index contributed by atoms with van der Waals surface area (Å²) in [7, 11) is -1.89. The largest absolute Gasteiger partial charge is 0.342 e. The molecule has 0 saturated carbocycles. The van der Waals surface area contributed by atoms with Crippen molar-refractivity contribution in [2.75, 3.05) is 53.7 Å². The molecule has 0 atom stereocenters. The number of alkyl halides is 1. The number of nitrogens with zero attached hydrogens (tertiary/aromatic N) is 6. The average Bonchev–Trinajstić information content (AvgIpc) is 3.47. The molecule has 44 heavy (non-hydrogen) atoms. The molecule has 232 valence electrons. The molecule has 0 unspecified atom stereocenters. The van der Waals surface area contributed by atoms with Gasteiger partial charge in [0.05, 0.1) is 33.9 Å². The number of carbonyl (C=O) groups excluding carboxylic acids is 1. The lowest BCUT2D eigenvalue weighted by Crippen LogP contribution is -2.45. The normalized spacial score (nSPS) is 17.2. The smallest absolute Gasteiger partial charge is 0.245 e. The van der Waals surface area contributed by atoms with Crippen LogP contribution in [0.25, 0.3) is 16.8 Å². The van der Waals surface area contributed by atoms with Gasteiger partial charge in [-0.15, -0.1) is 5.10 Å². The summed E-state index contributed by atoms with van der Waals surface area (Å²) < 4.78 is 28.7. The van der Waals surface area contributed by atoms with E-state index in [1.807, 2.05) is 42.5 Å². The SMILES string of the molecule is CN(c1ccccc1-c1ccc2cnc(Nc3ccc(C4CCN(C(=O)C5CCN(CI)CC5)CC4)cc3)nn12)S(C)(=O)=O. The lowest BCUT2D eigenvalue weighted by atomic mass is 9.88. The minimum absolute atomic E-state index is 0.184. The first-order valence-corrected chi connectivity index (χ1v) is 18.4. The number of halogens is 1. The van der Waals surface area contributed by atoms with Crippen molar-refractivity contribution in [2.24, 2.45) is 5.92 Å². The van der Waals surface area contributed by atoms with Gasteiger partial charge in [-0.05, 0) is 80.6 Å². The summed E-state index contributed by atoms with van der Waals surface area (Å²) in [5, 5.41) is 8.06. The number of piperidine rings is 2. The highest BCUT2D eigenvalue weighted by Gasteiger charge is 2.31. The van der Waals surface area contributed by atoms with E-state index in [0.717, 1.165) is 78.9 Å². The maximum Gasteiger partial charge on any atom is 0.245 e. The number of aromatic nitrogens is 3. The molecule has 4 heterocycles. The van der Waals surface area contributed by atoms with Gasteiger partial charge in [0.15, 0.2) is 0 Å². The second-order valence-corrected chi connectivity index (χ2v) is 14.4. The number of benzene rings is 2. The number of para-hydroxylation sites is 1. The van der Waals surface area contributed by atoms with Crippen LogP contribution in [0.5, 0.6) is 0 Å². The first-order chi connectivity index (χ1) is 21.2. The van der Waals surface area contributed by atoms with E-state index >= 15 is 0 Å². The molecular formula is C32H38IN7O3S. The third-order valence-electron chi connectivity index (χ3n) is 8.97. The molecule has 1 N–H and O–H groups in total. The van der Waals surface area contributed by atoms with Crippen molar-refractivity contribution in [2.45, 2.75) is 31.6 Å². The summed E-state index contributed by atoms with van der Waals surface area (Å²) in [6.07, 6.45) is 6.86. The van der Waals surface area contributed by atoms with Crippen LogP contribution in [0.4, 0.5) is 17.3 Å². The second-order valence-electron chi connectivity index (χ2n) is 11.7. The van der Waals surface area contributed by atoms with Crippen molar-refractivity contribution >= 4 is 61.4 Å². The van der Waals surface area contributed by atoms with E-state index in [1.165, 1.54) is 16.1 Å². The Kier molecular flexibility index (Phi) is 9.11. The van der Waals surface area contributed by atoms with Crippen LogP contribution in [0.3, 0.4) is 0 Å². The number of likely N-dealkylation sites (tertiary alicyclic amines) is 2. The predicted molar refractivity (Wildman–Crippen MR) is 183 cm³/mol. The van der Waals surface area contributed by atoms with E-state index in [1.54, 1.807) is 23.8 Å². The quantitative estimate of drug-likeness (QED) is 0.149. The Morgan fingerprint density at radius 2 is 1.68 bits per heavy atom. The van der Waals surface area contributed by atoms with Crippen LogP contribution >= 0.6 is 22.6 Å². The van der Waals surface area contributed by atoms with Crippen LogP contribution in [0.15, 0.2) is 66.9 Å². The molecule has 0 bridgehead atoms. The second kappa shape index (κ2) is 13.0. The Labute approximate surface area is 272 Å². The molecule has 0 spiro atoms. The molecule has 2 saturated heterocycles. The zero-order chi connectivity index (χ0) is 30.8. The third-order valence-corrected chi connectivity index (χ3v) is 11.1. The molecule has 2 aromatic carbocycles. The van der Waals surface area contributed by atoms with Gasteiger partial charge in [-0.3, -0.25) is 14.0 Å². The van der Waals surface area contributed by atoms with Gasteiger partial charge in [0.2, 0.25) is 21.9 Å². The van der Waals surface area contributed by atoms with Crippen LogP contribution in [0.1, 0.15) is 37.2 Å². The van der Waals surface area contributed by atoms with Crippen LogP contribution in [-0.2, 0) is 14.8 Å². The lowest BCUT2D eigenvalue weighted by molar-refractivity contribution is -0.138. The molecule has 10 nitrogen and oxygen atoms in total. The van der Waals surface area contributed by atoms with E-state index in [9.17, 15) is 13.2 Å². The number of nitrogens with one attached hydrogen (secondary N) is 1. The van der Waals surface area contributed by atoms with Crippen LogP contribution in [-0.4, -0.2) is 82.8 Å². The predicted octanol–water partition coefficient (Wildman–Crippen LogP) is 5.35. The Balaban J connectivity index is 1.11. The fourth-order valence-electron chi connectivity index (χ4n) is 6.26. The molecule has 6 rings (SSSR count). The Bertz CT molecular complexity index is 1730. The zero-order valence-corrected chi connectivity index (χ0v) is 28.0. The summed E-state index contributed by atoms with van der Waals surface area (Å²) in [5.41, 5.74) is 5.06. The molecular weight excluding hydrogens is 689 g/mol. The van der Waals surface area contributed by atoms with Crippen molar-refractivity contribution in [3.8, 4) is 11.3 Å². The Morgan fingerprint density at radius 1 is 0.977 bits per heavy atom. The minimum atomic E-state index is -3.44. The van der Waals surface area contributed by atoms with Crippen LogP contribution < -0.4 is 9.62 Å². The van der Waals surface area contributed by atoms with Crippen molar-refractivity contribution < 1.29 is 13.2 Å². The number of hydrogen-bond acceptors (Lipinski definition) is 7. The van der Waals surface area contributed by atoms with Gasteiger partial charge >= 0.3 is 0 Å². The fourth-order valence-corrected chi connectivity index (χ4v) is 7.46. The summed E-state index contributed by atoms with van der Waals surface area (Å²) >= 11 is 2.40. The molecule has 1 amide bonds. The van der Waals surface area contributed by atoms with E-state index in [0.29, 0.717) is 23.5 Å². The summed E-state index contributed by atoms with van der Waals surface area (Å²) in [4.78, 5) is 22.1. The molecule has 2 aromatic heterocycles. The average molecular weight is 728 g/mol. The maximum absolute atomic E-state index is 13.1. The molecule has 4 aromatic rings. The van der Waals surface area contributed by atoms with E-state index in [2.05, 4.69) is 54.8 Å². The van der Waals surface area contributed by atoms with Gasteiger partial charge in [0, 0.05) is 37.3 Å². The highest BCUT2D eigenvalue weighted by atomic mass is 127. The molecule has 12 heteroatoms. The molecule has 2 aliphatic heterocycles. The summed E-state index contributed by atoms with van der Waals surface area (Å²) in [6, 6.07) is 19.6. The van der Waals surface area contributed by atoms with Gasteiger partial charge in [0.1, 0.15) is 0 Å². The highest BCUT2D eigenvalue weighted by Crippen LogP contribution is 2.33. The van der Waals surface area contributed by atoms with Crippen molar-refractivity contribution in [1.82, 2.24) is 24.4 Å². The number of fused-ring (bicyclic) bond motifs is 1. The van der Waals surface area contributed by atoms with Gasteiger partial charge in [0.25, 0.3) is 0 Å². The van der Waals surface area contributed by atoms with Crippen molar-refractivity contribution in [3.63, 3.8) is 0 Å². The maximum atomic E-state index is 13.1. The Hall–Kier alpha value is -3.23. The van der Waals surface area contributed by atoms with E-state index in [-0.39, 0.29) is 5.92 Å². The highest BCUT2D eigenvalue weighted by molar-refractivity contribution is 14.1. The van der Waals surface area contributed by atoms with Gasteiger partial charge in [-0.1, -0.05) is 52.9 Å². The minimum Gasteiger partial charge on any atom is -0.342 e. The first-order valence-electron chi connectivity index (χ1n) is 15.0. The van der Waals surface area contributed by atoms with Crippen LogP contribution in [0, 0.1) is 5.92 Å². The standard InChI is InChI=1S/C32H38IN7O3S/c1-37(44(2,42)43)29-6-4-3-5-28(29)30-12-11-27-21-34-32(36-40(27)30)35-26-9-7-23(8-10-26)24-15-19-39(20-16-24)31(41)25-13-17-38(22-33)18-14-25/h3-12,21,24-25H,13-20,22H2,1-2H3,(H,35,36). The molecule has 2 fully saturated rings. The summed E-state index contributed by atoms with van der Waals surface area (Å²) in [6.45, 7) is 3.70. The number of anilines is 3. The van der Waals surface area contributed by atoms with E-state index < -0.39 is 10.0 Å². The third kappa shape index (κ3) is 6.57. The monoisotopic (exact) mass is 727 g/mol. The summed E-state index contributed by atoms with van der Waals surface area (Å²) in [5.74, 6) is 1.41. The number of rotatable bonds is 8. The first kappa shape index (κ1) is 30.8. The molecule has 0 aliphatic carbocycles. The van der Waals surface area contributed by atoms with Crippen LogP contribution in [0.2, 0.25) is 0 Å². The molecule has 0 radical (unpaired) electrons.